The van der Waals surface area contributed by atoms with Gasteiger partial charge in [0.15, 0.2) is 0 Å². The molecule has 1 rings (SSSR count). The maximum Gasteiger partial charge on any atom is 0.218 e. The summed E-state index contributed by atoms with van der Waals surface area (Å²) < 4.78 is 5.16. The average Bonchev–Trinajstić information content (AvgIpc) is 2.34. The van der Waals surface area contributed by atoms with Gasteiger partial charge in [-0.2, -0.15) is 4.98 Å². The van der Waals surface area contributed by atoms with Crippen LogP contribution in [0.4, 0.5) is 5.82 Å². The highest BCUT2D eigenvalue weighted by atomic mass is 16.5. The first kappa shape index (κ1) is 13.7. The molecule has 0 bridgehead atoms. The molecule has 96 valence electrons. The number of nitrogens with zero attached hydrogens (tertiary/aromatic N) is 3. The van der Waals surface area contributed by atoms with Gasteiger partial charge in [-0.15, -0.1) is 0 Å². The van der Waals surface area contributed by atoms with Crippen LogP contribution in [0, 0.1) is 12.8 Å². The Bertz CT molecular complexity index is 356. The number of anilines is 1. The van der Waals surface area contributed by atoms with Crippen molar-refractivity contribution in [3.8, 4) is 5.88 Å². The van der Waals surface area contributed by atoms with E-state index in [0.717, 1.165) is 24.7 Å². The third-order valence-corrected chi connectivity index (χ3v) is 2.65. The Morgan fingerprint density at radius 2 is 2.18 bits per heavy atom. The normalized spacial score (nSPS) is 12.3. The maximum atomic E-state index is 5.65. The standard InChI is InChI=1S/C12H22N4O/c1-5-16(8-9(2)7-13)11-6-12(17-4)15-10(3)14-11/h6,9H,5,7-8,13H2,1-4H3. The third-order valence-electron chi connectivity index (χ3n) is 2.65. The fourth-order valence-corrected chi connectivity index (χ4v) is 1.63. The Balaban J connectivity index is 2.90. The Morgan fingerprint density at radius 1 is 1.47 bits per heavy atom. The van der Waals surface area contributed by atoms with Crippen LogP contribution in [-0.4, -0.2) is 36.7 Å². The van der Waals surface area contributed by atoms with Gasteiger partial charge in [0.05, 0.1) is 7.11 Å². The Kier molecular flexibility index (Phi) is 5.15. The molecule has 1 aromatic rings. The van der Waals surface area contributed by atoms with E-state index in [4.69, 9.17) is 10.5 Å². The fourth-order valence-electron chi connectivity index (χ4n) is 1.63. The monoisotopic (exact) mass is 238 g/mol. The summed E-state index contributed by atoms with van der Waals surface area (Å²) in [5.74, 6) is 2.66. The summed E-state index contributed by atoms with van der Waals surface area (Å²) in [7, 11) is 1.62. The van der Waals surface area contributed by atoms with Gasteiger partial charge in [0, 0.05) is 19.2 Å². The number of methoxy groups -OCH3 is 1. The molecule has 2 N–H and O–H groups in total. The van der Waals surface area contributed by atoms with E-state index >= 15 is 0 Å². The van der Waals surface area contributed by atoms with E-state index in [1.807, 2.05) is 13.0 Å². The third kappa shape index (κ3) is 3.85. The second-order valence-electron chi connectivity index (χ2n) is 4.20. The van der Waals surface area contributed by atoms with Gasteiger partial charge in [-0.05, 0) is 26.3 Å². The van der Waals surface area contributed by atoms with Gasteiger partial charge >= 0.3 is 0 Å². The molecule has 1 heterocycles. The van der Waals surface area contributed by atoms with Gasteiger partial charge in [0.2, 0.25) is 5.88 Å². The molecule has 17 heavy (non-hydrogen) atoms. The van der Waals surface area contributed by atoms with E-state index in [1.54, 1.807) is 7.11 Å². The van der Waals surface area contributed by atoms with Crippen molar-refractivity contribution in [2.45, 2.75) is 20.8 Å². The first-order valence-electron chi connectivity index (χ1n) is 5.95. The molecule has 0 saturated carbocycles. The highest BCUT2D eigenvalue weighted by Crippen LogP contribution is 2.18. The van der Waals surface area contributed by atoms with E-state index in [9.17, 15) is 0 Å². The Hall–Kier alpha value is -1.36. The van der Waals surface area contributed by atoms with Crippen LogP contribution in [0.3, 0.4) is 0 Å². The summed E-state index contributed by atoms with van der Waals surface area (Å²) >= 11 is 0. The summed E-state index contributed by atoms with van der Waals surface area (Å²) in [5, 5.41) is 0. The number of rotatable bonds is 6. The molecule has 5 heteroatoms. The molecule has 0 aliphatic carbocycles. The molecule has 1 unspecified atom stereocenters. The summed E-state index contributed by atoms with van der Waals surface area (Å²) in [6.07, 6.45) is 0. The molecule has 0 spiro atoms. The number of aromatic nitrogens is 2. The predicted octanol–water partition coefficient (Wildman–Crippen LogP) is 1.21. The van der Waals surface area contributed by atoms with Crippen molar-refractivity contribution in [2.24, 2.45) is 11.7 Å². The Morgan fingerprint density at radius 3 is 2.71 bits per heavy atom. The van der Waals surface area contributed by atoms with E-state index in [-0.39, 0.29) is 0 Å². The quantitative estimate of drug-likeness (QED) is 0.807. The first-order chi connectivity index (χ1) is 8.10. The second kappa shape index (κ2) is 6.39. The molecule has 0 aliphatic rings. The van der Waals surface area contributed by atoms with Crippen molar-refractivity contribution in [1.29, 1.82) is 0 Å². The second-order valence-corrected chi connectivity index (χ2v) is 4.20. The average molecular weight is 238 g/mol. The van der Waals surface area contributed by atoms with Gasteiger partial charge in [0.25, 0.3) is 0 Å². The lowest BCUT2D eigenvalue weighted by molar-refractivity contribution is 0.395. The molecule has 0 aromatic carbocycles. The summed E-state index contributed by atoms with van der Waals surface area (Å²) in [5.41, 5.74) is 5.65. The highest BCUT2D eigenvalue weighted by Gasteiger charge is 2.12. The largest absolute Gasteiger partial charge is 0.481 e. The van der Waals surface area contributed by atoms with Crippen LogP contribution in [0.15, 0.2) is 6.07 Å². The van der Waals surface area contributed by atoms with Crippen molar-refractivity contribution in [3.63, 3.8) is 0 Å². The van der Waals surface area contributed by atoms with Crippen LogP contribution in [0.1, 0.15) is 19.7 Å². The summed E-state index contributed by atoms with van der Waals surface area (Å²) in [6.45, 7) is 8.57. The SMILES string of the molecule is CCN(CC(C)CN)c1cc(OC)nc(C)n1. The molecule has 1 atom stereocenters. The lowest BCUT2D eigenvalue weighted by atomic mass is 10.1. The van der Waals surface area contributed by atoms with Crippen molar-refractivity contribution in [2.75, 3.05) is 31.6 Å². The number of hydrogen-bond acceptors (Lipinski definition) is 5. The lowest BCUT2D eigenvalue weighted by Crippen LogP contribution is -2.32. The van der Waals surface area contributed by atoms with E-state index < -0.39 is 0 Å². The molecule has 0 amide bonds. The molecule has 0 aliphatic heterocycles. The molecule has 5 nitrogen and oxygen atoms in total. The van der Waals surface area contributed by atoms with Crippen LogP contribution >= 0.6 is 0 Å². The fraction of sp³-hybridized carbons (Fsp3) is 0.667. The van der Waals surface area contributed by atoms with Crippen molar-refractivity contribution in [1.82, 2.24) is 9.97 Å². The van der Waals surface area contributed by atoms with Crippen LogP contribution in [0.5, 0.6) is 5.88 Å². The Labute approximate surface area is 103 Å². The zero-order chi connectivity index (χ0) is 12.8. The molecular weight excluding hydrogens is 216 g/mol. The summed E-state index contributed by atoms with van der Waals surface area (Å²) in [6, 6.07) is 1.86. The zero-order valence-electron chi connectivity index (χ0n) is 11.1. The van der Waals surface area contributed by atoms with Gasteiger partial charge in [-0.25, -0.2) is 4.98 Å². The predicted molar refractivity (Wildman–Crippen MR) is 69.4 cm³/mol. The minimum atomic E-state index is 0.441. The van der Waals surface area contributed by atoms with Crippen molar-refractivity contribution < 1.29 is 4.74 Å². The van der Waals surface area contributed by atoms with E-state index in [0.29, 0.717) is 18.3 Å². The molecule has 0 fully saturated rings. The zero-order valence-corrected chi connectivity index (χ0v) is 11.1. The van der Waals surface area contributed by atoms with Crippen LogP contribution < -0.4 is 15.4 Å². The maximum absolute atomic E-state index is 5.65. The minimum Gasteiger partial charge on any atom is -0.481 e. The number of ether oxygens (including phenoxy) is 1. The van der Waals surface area contributed by atoms with Gasteiger partial charge in [-0.1, -0.05) is 6.92 Å². The highest BCUT2D eigenvalue weighted by molar-refractivity contribution is 5.41. The van der Waals surface area contributed by atoms with Crippen molar-refractivity contribution in [3.05, 3.63) is 11.9 Å². The smallest absolute Gasteiger partial charge is 0.218 e. The van der Waals surface area contributed by atoms with Gasteiger partial charge in [0.1, 0.15) is 11.6 Å². The van der Waals surface area contributed by atoms with Crippen molar-refractivity contribution >= 4 is 5.82 Å². The summed E-state index contributed by atoms with van der Waals surface area (Å²) in [4.78, 5) is 10.8. The lowest BCUT2D eigenvalue weighted by Gasteiger charge is -2.25. The molecule has 0 saturated heterocycles. The van der Waals surface area contributed by atoms with Gasteiger partial charge in [-0.3, -0.25) is 0 Å². The van der Waals surface area contributed by atoms with E-state index in [1.165, 1.54) is 0 Å². The molecule has 1 aromatic heterocycles. The van der Waals surface area contributed by atoms with Crippen LogP contribution in [0.25, 0.3) is 0 Å². The molecular formula is C12H22N4O. The number of hydrogen-bond donors (Lipinski definition) is 1. The number of nitrogens with two attached hydrogens (primary N) is 1. The van der Waals surface area contributed by atoms with Crippen LogP contribution in [-0.2, 0) is 0 Å². The first-order valence-corrected chi connectivity index (χ1v) is 5.95. The minimum absolute atomic E-state index is 0.441. The number of aryl methyl sites for hydroxylation is 1. The van der Waals surface area contributed by atoms with Crippen LogP contribution in [0.2, 0.25) is 0 Å². The topological polar surface area (TPSA) is 64.3 Å². The van der Waals surface area contributed by atoms with Gasteiger partial charge < -0.3 is 15.4 Å². The molecule has 0 radical (unpaired) electrons. The van der Waals surface area contributed by atoms with E-state index in [2.05, 4.69) is 28.7 Å².